The minimum atomic E-state index is -0.678. The van der Waals surface area contributed by atoms with E-state index in [4.69, 9.17) is 9.47 Å². The van der Waals surface area contributed by atoms with Crippen molar-refractivity contribution < 1.29 is 14.6 Å². The van der Waals surface area contributed by atoms with E-state index in [0.29, 0.717) is 13.2 Å². The minimum Gasteiger partial charge on any atom is -0.497 e. The van der Waals surface area contributed by atoms with Gasteiger partial charge in [0.15, 0.2) is 0 Å². The van der Waals surface area contributed by atoms with E-state index in [1.165, 1.54) is 0 Å². The number of aliphatic hydroxyl groups excluding tert-OH is 1. The van der Waals surface area contributed by atoms with Crippen LogP contribution in [0.1, 0.15) is 29.7 Å². The molecule has 1 fully saturated rings. The molecule has 0 amide bonds. The Balaban J connectivity index is 1.92. The van der Waals surface area contributed by atoms with Crippen LogP contribution in [0.5, 0.6) is 5.75 Å². The zero-order valence-electron chi connectivity index (χ0n) is 16.9. The summed E-state index contributed by atoms with van der Waals surface area (Å²) in [4.78, 5) is 0. The second-order valence-corrected chi connectivity index (χ2v) is 7.39. The molecule has 0 saturated carbocycles. The van der Waals surface area contributed by atoms with Crippen molar-refractivity contribution in [1.29, 1.82) is 0 Å². The Morgan fingerprint density at radius 1 is 0.966 bits per heavy atom. The normalized spacial score (nSPS) is 20.2. The van der Waals surface area contributed by atoms with Crippen LogP contribution in [0.3, 0.4) is 0 Å². The van der Waals surface area contributed by atoms with E-state index >= 15 is 0 Å². The summed E-state index contributed by atoms with van der Waals surface area (Å²) in [6, 6.07) is 24.5. The molecule has 4 nitrogen and oxygen atoms in total. The Labute approximate surface area is 172 Å². The third-order valence-electron chi connectivity index (χ3n) is 5.61. The molecule has 150 valence electrons. The van der Waals surface area contributed by atoms with Gasteiger partial charge in [0.05, 0.1) is 19.8 Å². The molecule has 0 aliphatic carbocycles. The Morgan fingerprint density at radius 2 is 1.66 bits per heavy atom. The molecule has 1 heterocycles. The number of benzene rings is 3. The fourth-order valence-corrected chi connectivity index (χ4v) is 4.19. The number of hydrogen-bond acceptors (Lipinski definition) is 4. The van der Waals surface area contributed by atoms with Gasteiger partial charge in [0.1, 0.15) is 11.4 Å². The highest BCUT2D eigenvalue weighted by Crippen LogP contribution is 2.42. The molecule has 3 aromatic rings. The van der Waals surface area contributed by atoms with Crippen LogP contribution in [0, 0.1) is 0 Å². The predicted octanol–water partition coefficient (Wildman–Crippen LogP) is 4.28. The molecule has 1 aliphatic heterocycles. The van der Waals surface area contributed by atoms with Crippen LogP contribution in [0.15, 0.2) is 72.8 Å². The Hall–Kier alpha value is -2.66. The average Bonchev–Trinajstić information content (AvgIpc) is 2.79. The summed E-state index contributed by atoms with van der Waals surface area (Å²) in [5, 5.41) is 14.0. The lowest BCUT2D eigenvalue weighted by Gasteiger charge is -2.41. The van der Waals surface area contributed by atoms with Crippen LogP contribution in [-0.2, 0) is 10.3 Å². The topological polar surface area (TPSA) is 50.7 Å². The van der Waals surface area contributed by atoms with E-state index in [9.17, 15) is 5.11 Å². The quantitative estimate of drug-likeness (QED) is 0.684. The Morgan fingerprint density at radius 3 is 2.31 bits per heavy atom. The molecule has 4 heteroatoms. The number of morpholine rings is 1. The Kier molecular flexibility index (Phi) is 5.67. The van der Waals surface area contributed by atoms with Crippen molar-refractivity contribution >= 4 is 0 Å². The highest BCUT2D eigenvalue weighted by atomic mass is 16.5. The maximum absolute atomic E-state index is 10.5. The van der Waals surface area contributed by atoms with Crippen molar-refractivity contribution in [3.8, 4) is 16.9 Å². The molecule has 2 atom stereocenters. The van der Waals surface area contributed by atoms with Crippen LogP contribution < -0.4 is 10.1 Å². The lowest BCUT2D eigenvalue weighted by molar-refractivity contribution is -0.0416. The molecule has 0 spiro atoms. The SMILES string of the molecule is COc1ccc(-c2ccccc2C2(c3ccccc3C(C)O)CNCCO2)cc1. The molecule has 0 radical (unpaired) electrons. The molecular formula is C25H27NO3. The first kappa shape index (κ1) is 19.6. The molecular weight excluding hydrogens is 362 g/mol. The summed E-state index contributed by atoms with van der Waals surface area (Å²) in [5.74, 6) is 0.830. The van der Waals surface area contributed by atoms with Crippen molar-refractivity contribution in [3.63, 3.8) is 0 Å². The van der Waals surface area contributed by atoms with Gasteiger partial charge in [-0.3, -0.25) is 0 Å². The summed E-state index contributed by atoms with van der Waals surface area (Å²) < 4.78 is 11.9. The van der Waals surface area contributed by atoms with Crippen LogP contribution >= 0.6 is 0 Å². The van der Waals surface area contributed by atoms with Gasteiger partial charge in [-0.1, -0.05) is 60.7 Å². The lowest BCUT2D eigenvalue weighted by atomic mass is 9.78. The Bertz CT molecular complexity index is 960. The third kappa shape index (κ3) is 3.67. The van der Waals surface area contributed by atoms with E-state index in [-0.39, 0.29) is 0 Å². The van der Waals surface area contributed by atoms with Gasteiger partial charge in [-0.05, 0) is 46.9 Å². The monoisotopic (exact) mass is 389 g/mol. The maximum Gasteiger partial charge on any atom is 0.131 e. The van der Waals surface area contributed by atoms with Crippen molar-refractivity contribution in [2.75, 3.05) is 26.8 Å². The molecule has 0 aromatic heterocycles. The summed E-state index contributed by atoms with van der Waals surface area (Å²) in [5.41, 5.74) is 4.51. The van der Waals surface area contributed by atoms with Gasteiger partial charge in [-0.25, -0.2) is 0 Å². The van der Waals surface area contributed by atoms with E-state index in [1.807, 2.05) is 42.5 Å². The highest BCUT2D eigenvalue weighted by molar-refractivity contribution is 5.70. The molecule has 2 N–H and O–H groups in total. The molecule has 2 unspecified atom stereocenters. The average molecular weight is 389 g/mol. The number of aliphatic hydroxyl groups is 1. The third-order valence-corrected chi connectivity index (χ3v) is 5.61. The summed E-state index contributed by atoms with van der Waals surface area (Å²) in [6.07, 6.45) is -0.582. The summed E-state index contributed by atoms with van der Waals surface area (Å²) >= 11 is 0. The number of hydrogen-bond donors (Lipinski definition) is 2. The van der Waals surface area contributed by atoms with Gasteiger partial charge in [0.25, 0.3) is 0 Å². The van der Waals surface area contributed by atoms with Crippen LogP contribution in [0.4, 0.5) is 0 Å². The fourth-order valence-electron chi connectivity index (χ4n) is 4.19. The molecule has 29 heavy (non-hydrogen) atoms. The summed E-state index contributed by atoms with van der Waals surface area (Å²) in [7, 11) is 1.67. The van der Waals surface area contributed by atoms with Crippen LogP contribution in [-0.4, -0.2) is 31.9 Å². The predicted molar refractivity (Wildman–Crippen MR) is 115 cm³/mol. The van der Waals surface area contributed by atoms with Gasteiger partial charge in [-0.2, -0.15) is 0 Å². The number of methoxy groups -OCH3 is 1. The van der Waals surface area contributed by atoms with Crippen molar-refractivity contribution in [2.45, 2.75) is 18.6 Å². The molecule has 4 rings (SSSR count). The second-order valence-electron chi connectivity index (χ2n) is 7.39. The van der Waals surface area contributed by atoms with E-state index in [2.05, 4.69) is 35.6 Å². The van der Waals surface area contributed by atoms with Crippen LogP contribution in [0.25, 0.3) is 11.1 Å². The smallest absolute Gasteiger partial charge is 0.131 e. The number of ether oxygens (including phenoxy) is 2. The summed E-state index contributed by atoms with van der Waals surface area (Å²) in [6.45, 7) is 3.86. The molecule has 1 aliphatic rings. The van der Waals surface area contributed by atoms with Gasteiger partial charge in [-0.15, -0.1) is 0 Å². The number of rotatable bonds is 5. The fraction of sp³-hybridized carbons (Fsp3) is 0.280. The van der Waals surface area contributed by atoms with Gasteiger partial charge in [0.2, 0.25) is 0 Å². The van der Waals surface area contributed by atoms with Gasteiger partial charge in [0, 0.05) is 13.1 Å². The highest BCUT2D eigenvalue weighted by Gasteiger charge is 2.41. The minimum absolute atomic E-state index is 0.582. The zero-order chi connectivity index (χ0) is 20.3. The van der Waals surface area contributed by atoms with Crippen LogP contribution in [0.2, 0.25) is 0 Å². The van der Waals surface area contributed by atoms with Crippen molar-refractivity contribution in [1.82, 2.24) is 5.32 Å². The van der Waals surface area contributed by atoms with Crippen molar-refractivity contribution in [2.24, 2.45) is 0 Å². The molecule has 0 bridgehead atoms. The number of nitrogens with one attached hydrogen (secondary N) is 1. The largest absolute Gasteiger partial charge is 0.497 e. The second kappa shape index (κ2) is 8.37. The van der Waals surface area contributed by atoms with E-state index < -0.39 is 11.7 Å². The van der Waals surface area contributed by atoms with Gasteiger partial charge >= 0.3 is 0 Å². The first-order valence-electron chi connectivity index (χ1n) is 10.0. The van der Waals surface area contributed by atoms with Gasteiger partial charge < -0.3 is 19.9 Å². The zero-order valence-corrected chi connectivity index (χ0v) is 16.9. The van der Waals surface area contributed by atoms with E-state index in [0.717, 1.165) is 40.1 Å². The standard InChI is InChI=1S/C25H27NO3/c1-18(27)21-7-3-5-9-23(21)25(17-26-15-16-29-25)24-10-6-4-8-22(24)19-11-13-20(28-2)14-12-19/h3-14,18,26-27H,15-17H2,1-2H3. The van der Waals surface area contributed by atoms with Crippen molar-refractivity contribution in [3.05, 3.63) is 89.5 Å². The molecule has 1 saturated heterocycles. The first-order valence-corrected chi connectivity index (χ1v) is 10.0. The molecule has 3 aromatic carbocycles. The van der Waals surface area contributed by atoms with E-state index in [1.54, 1.807) is 14.0 Å². The first-order chi connectivity index (χ1) is 14.2. The maximum atomic E-state index is 10.5. The lowest BCUT2D eigenvalue weighted by Crippen LogP contribution is -2.49.